The average molecular weight is 1990 g/mol. The van der Waals surface area contributed by atoms with Gasteiger partial charge in [-0.15, -0.1) is 70.6 Å². The molecule has 3 aliphatic heterocycles. The van der Waals surface area contributed by atoms with Gasteiger partial charge in [0.2, 0.25) is 0 Å². The van der Waals surface area contributed by atoms with Crippen molar-refractivity contribution in [3.05, 3.63) is 242 Å². The molecular weight excluding hydrogens is 1880 g/mol. The lowest BCUT2D eigenvalue weighted by molar-refractivity contribution is 0.0673. The normalized spacial score (nSPS) is 15.5. The quantitative estimate of drug-likeness (QED) is 0.148. The van der Waals surface area contributed by atoms with Gasteiger partial charge in [-0.3, -0.25) is 28.1 Å². The number of aryl methyl sites for hydroxylation is 15. The molecule has 9 aromatic heterocycles. The SMILES string of the molecule is Cc1c(C(=O)O)n2c3ccc(Cl)c(c13)-c1c(nn(C)c1C)CSCc1cc(n(C)n1)CSc1cc3c(c(c1)OCCC2)CCC3.Cc1c(C(=O)O)n2c3ccc(Cl)c(c13)-c1c(nn(C)c1C)CSCc1cc(n(C)n1)CSc1cc3c(c(c1)OCCC2)CCC3.Cc1c(C(=O)O)n2c3ccc(Cl)c(c13)-c1c(nn(C)c1C)CSCc1cc(n(C)n1)CSc1cc3c(c(c1)OCCC2)CCC3. The number of ether oxygens (including phenoxy) is 3. The summed E-state index contributed by atoms with van der Waals surface area (Å²) in [6, 6.07) is 31.6. The van der Waals surface area contributed by atoms with Crippen LogP contribution in [0.5, 0.6) is 17.2 Å². The van der Waals surface area contributed by atoms with Crippen molar-refractivity contribution < 1.29 is 43.9 Å². The maximum absolute atomic E-state index is 12.7. The zero-order valence-corrected chi connectivity index (χ0v) is 85.0. The minimum Gasteiger partial charge on any atom is -0.493 e. The van der Waals surface area contributed by atoms with Crippen LogP contribution in [0.3, 0.4) is 0 Å². The molecule has 0 amide bonds. The predicted octanol–water partition coefficient (Wildman–Crippen LogP) is 23.2. The predicted molar refractivity (Wildman–Crippen MR) is 546 cm³/mol. The van der Waals surface area contributed by atoms with E-state index in [-0.39, 0.29) is 0 Å². The molecule has 0 unspecified atom stereocenters. The number of rotatable bonds is 3. The second kappa shape index (κ2) is 39.5. The molecule has 24 bridgehead atoms. The first-order chi connectivity index (χ1) is 65.1. The molecule has 33 heteroatoms. The number of thioether (sulfide) groups is 6. The minimum absolute atomic E-state index is 0.290. The van der Waals surface area contributed by atoms with E-state index in [2.05, 4.69) is 54.6 Å². The maximum Gasteiger partial charge on any atom is 0.352 e. The van der Waals surface area contributed by atoms with Gasteiger partial charge in [-0.1, -0.05) is 34.8 Å². The molecule has 6 aliphatic rings. The molecule has 0 radical (unpaired) electrons. The Labute approximate surface area is 824 Å². The van der Waals surface area contributed by atoms with Gasteiger partial charge >= 0.3 is 17.9 Å². The molecule has 0 fully saturated rings. The van der Waals surface area contributed by atoms with Crippen LogP contribution in [0.2, 0.25) is 15.1 Å². The van der Waals surface area contributed by atoms with Crippen molar-refractivity contribution in [3.63, 3.8) is 0 Å². The summed E-state index contributed by atoms with van der Waals surface area (Å²) in [4.78, 5) is 41.7. The fraction of sp³-hybridized carbons (Fsp3) is 0.382. The van der Waals surface area contributed by atoms with Gasteiger partial charge < -0.3 is 43.2 Å². The number of carboxylic acid groups (broad SMARTS) is 3. The van der Waals surface area contributed by atoms with Crippen LogP contribution in [0.4, 0.5) is 0 Å². The molecular formula is C102H108Cl3N15O9S6. The number of fused-ring (bicyclic) bond motifs is 24. The van der Waals surface area contributed by atoms with Crippen molar-refractivity contribution in [2.24, 2.45) is 42.3 Å². The van der Waals surface area contributed by atoms with E-state index in [1.165, 1.54) is 65.1 Å². The van der Waals surface area contributed by atoms with Crippen LogP contribution in [-0.4, -0.2) is 125 Å². The zero-order valence-electron chi connectivity index (χ0n) is 77.8. The van der Waals surface area contributed by atoms with Crippen LogP contribution in [-0.2, 0) is 152 Å². The van der Waals surface area contributed by atoms with Gasteiger partial charge in [0, 0.05) is 244 Å². The number of hydrogen-bond acceptors (Lipinski definition) is 18. The average Bonchev–Trinajstić information content (AvgIpc) is 1.58. The van der Waals surface area contributed by atoms with Crippen molar-refractivity contribution >= 4 is 156 Å². The van der Waals surface area contributed by atoms with E-state index < -0.39 is 17.9 Å². The summed E-state index contributed by atoms with van der Waals surface area (Å²) in [7, 11) is 11.9. The van der Waals surface area contributed by atoms with Crippen molar-refractivity contribution in [3.8, 4) is 50.6 Å². The first-order valence-corrected chi connectivity index (χ1v) is 53.4. The third kappa shape index (κ3) is 18.4. The number of aromatic carboxylic acids is 3. The van der Waals surface area contributed by atoms with E-state index in [1.807, 2.05) is 197 Å². The van der Waals surface area contributed by atoms with Crippen molar-refractivity contribution in [1.29, 1.82) is 0 Å². The Kier molecular flexibility index (Phi) is 27.5. The van der Waals surface area contributed by atoms with Gasteiger partial charge in [-0.25, -0.2) is 14.4 Å². The molecule has 0 atom stereocenters. The van der Waals surface area contributed by atoms with E-state index in [4.69, 9.17) is 79.6 Å². The highest BCUT2D eigenvalue weighted by Crippen LogP contribution is 2.50. The van der Waals surface area contributed by atoms with Gasteiger partial charge in [0.1, 0.15) is 34.3 Å². The number of hydrogen-bond donors (Lipinski definition) is 3. The third-order valence-electron chi connectivity index (χ3n) is 27.4. The molecule has 0 spiro atoms. The van der Waals surface area contributed by atoms with Crippen molar-refractivity contribution in [2.75, 3.05) is 19.8 Å². The van der Waals surface area contributed by atoms with E-state index >= 15 is 0 Å². The molecule has 15 aromatic rings. The Morgan fingerprint density at radius 1 is 0.333 bits per heavy atom. The standard InChI is InChI=1S/3C34H36ClN5O3S2/c3*1-19-30-28-10-9-26(35)32(30)31-20(2)38(3)37-27(31)18-44-16-22-14-23(39(4)36-22)17-45-24-13-21-7-5-8-25(21)29(15-24)43-12-6-11-40(28)33(19)34(41)42/h3*9-10,13-15H,5-8,11-12,16-18H2,1-4H3,(H,41,42). The molecule has 0 saturated heterocycles. The molecule has 3 aliphatic carbocycles. The molecule has 0 saturated carbocycles. The van der Waals surface area contributed by atoms with E-state index in [0.717, 1.165) is 227 Å². The van der Waals surface area contributed by atoms with Gasteiger partial charge in [-0.2, -0.15) is 30.6 Å². The number of aromatic nitrogens is 15. The Morgan fingerprint density at radius 2 is 0.615 bits per heavy atom. The van der Waals surface area contributed by atoms with Crippen LogP contribution in [0.15, 0.2) is 106 Å². The van der Waals surface area contributed by atoms with Gasteiger partial charge in [0.15, 0.2) is 0 Å². The van der Waals surface area contributed by atoms with E-state index in [1.54, 1.807) is 35.3 Å². The Bertz CT molecular complexity index is 6590. The smallest absolute Gasteiger partial charge is 0.352 e. The van der Waals surface area contributed by atoms with E-state index in [9.17, 15) is 29.7 Å². The van der Waals surface area contributed by atoms with Crippen LogP contribution < -0.4 is 14.2 Å². The maximum atomic E-state index is 12.7. The van der Waals surface area contributed by atoms with Crippen molar-refractivity contribution in [2.45, 2.75) is 205 Å². The first kappa shape index (κ1) is 94.0. The van der Waals surface area contributed by atoms with E-state index in [0.29, 0.717) is 125 Å². The summed E-state index contributed by atoms with van der Waals surface area (Å²) in [6.45, 7) is 14.8. The highest BCUT2D eigenvalue weighted by molar-refractivity contribution is 7.99. The molecule has 3 N–H and O–H groups in total. The topological polar surface area (TPSA) is 261 Å². The summed E-state index contributed by atoms with van der Waals surface area (Å²) in [5.41, 5.74) is 31.5. The molecule has 702 valence electrons. The Morgan fingerprint density at radius 3 is 0.889 bits per heavy atom. The minimum atomic E-state index is -0.947. The van der Waals surface area contributed by atoms with Crippen LogP contribution in [0, 0.1) is 41.5 Å². The molecule has 6 aromatic carbocycles. The second-order valence-corrected chi connectivity index (χ2v) is 43.1. The van der Waals surface area contributed by atoms with Gasteiger partial charge in [0.25, 0.3) is 0 Å². The third-order valence-corrected chi connectivity index (χ3v) is 34.3. The summed E-state index contributed by atoms with van der Waals surface area (Å²) >= 11 is 31.7. The number of halogens is 3. The fourth-order valence-corrected chi connectivity index (χ4v) is 27.0. The lowest BCUT2D eigenvalue weighted by Crippen LogP contribution is -2.12. The number of benzene rings is 6. The first-order valence-electron chi connectivity index (χ1n) is 45.9. The molecule has 12 heterocycles. The van der Waals surface area contributed by atoms with Gasteiger partial charge in [0.05, 0.1) is 54.0 Å². The number of nitrogens with zero attached hydrogens (tertiary/aromatic N) is 15. The van der Waals surface area contributed by atoms with Crippen molar-refractivity contribution in [1.82, 2.24) is 72.4 Å². The number of carbonyl (C=O) groups is 3. The molecule has 21 rings (SSSR count). The lowest BCUT2D eigenvalue weighted by Gasteiger charge is -2.15. The lowest BCUT2D eigenvalue weighted by atomic mass is 9.97. The van der Waals surface area contributed by atoms with Crippen LogP contribution >= 0.6 is 105 Å². The largest absolute Gasteiger partial charge is 0.493 e. The molecule has 135 heavy (non-hydrogen) atoms. The summed E-state index contributed by atoms with van der Waals surface area (Å²) in [6.07, 6.45) is 11.7. The second-order valence-electron chi connectivity index (χ2n) is 35.8. The van der Waals surface area contributed by atoms with Gasteiger partial charge in [-0.05, 0) is 260 Å². The Balaban J connectivity index is 0.000000130. The summed E-state index contributed by atoms with van der Waals surface area (Å²) in [5, 5.41) is 64.7. The highest BCUT2D eigenvalue weighted by atomic mass is 35.5. The van der Waals surface area contributed by atoms with Crippen LogP contribution in [0.25, 0.3) is 66.1 Å². The highest BCUT2D eigenvalue weighted by Gasteiger charge is 2.34. The fourth-order valence-electron chi connectivity index (χ4n) is 20.7. The van der Waals surface area contributed by atoms with Crippen LogP contribution in [0.1, 0.15) is 188 Å². The molecule has 24 nitrogen and oxygen atoms in total. The zero-order chi connectivity index (χ0) is 94.2. The number of carboxylic acids is 3. The monoisotopic (exact) mass is 1980 g/mol. The Hall–Kier alpha value is -10.0. The summed E-state index contributed by atoms with van der Waals surface area (Å²) < 4.78 is 36.8. The summed E-state index contributed by atoms with van der Waals surface area (Å²) in [5.74, 6) is 6.78.